The Labute approximate surface area is 115 Å². The molecule has 0 aromatic carbocycles. The van der Waals surface area contributed by atoms with Crippen LogP contribution in [0.1, 0.15) is 18.9 Å². The first-order valence-corrected chi connectivity index (χ1v) is 7.01. The van der Waals surface area contributed by atoms with Gasteiger partial charge in [-0.05, 0) is 30.0 Å². The fourth-order valence-corrected chi connectivity index (χ4v) is 2.77. The van der Waals surface area contributed by atoms with Crippen molar-refractivity contribution in [3.8, 4) is 10.6 Å². The van der Waals surface area contributed by atoms with E-state index in [9.17, 15) is 4.79 Å². The van der Waals surface area contributed by atoms with Crippen molar-refractivity contribution >= 4 is 28.5 Å². The Morgan fingerprint density at radius 1 is 1.44 bits per heavy atom. The molecular formula is C13H14N2OS2. The average Bonchev–Trinajstić information content (AvgIpc) is 2.84. The van der Waals surface area contributed by atoms with Crippen molar-refractivity contribution < 1.29 is 0 Å². The molecule has 0 aliphatic heterocycles. The molecule has 0 aliphatic rings. The Hall–Kier alpha value is -1.46. The number of hydrogen-bond acceptors (Lipinski definition) is 3. The molecule has 0 fully saturated rings. The number of nitrogens with zero attached hydrogens (tertiary/aromatic N) is 1. The SMILES string of the molecule is CCCn1c(-c2cccs2)ccc(C(N)=S)c1=O. The van der Waals surface area contributed by atoms with Crippen LogP contribution in [0.25, 0.3) is 10.6 Å². The van der Waals surface area contributed by atoms with Crippen molar-refractivity contribution in [3.63, 3.8) is 0 Å². The number of thiocarbonyl (C=S) groups is 1. The Morgan fingerprint density at radius 3 is 2.78 bits per heavy atom. The van der Waals surface area contributed by atoms with Gasteiger partial charge < -0.3 is 10.3 Å². The molecule has 2 aromatic heterocycles. The predicted octanol–water partition coefficient (Wildman–Crippen LogP) is 2.62. The van der Waals surface area contributed by atoms with Gasteiger partial charge in [-0.15, -0.1) is 11.3 Å². The smallest absolute Gasteiger partial charge is 0.261 e. The van der Waals surface area contributed by atoms with Crippen molar-refractivity contribution in [2.75, 3.05) is 0 Å². The van der Waals surface area contributed by atoms with E-state index in [1.807, 2.05) is 30.5 Å². The number of thiophene rings is 1. The molecule has 0 amide bonds. The summed E-state index contributed by atoms with van der Waals surface area (Å²) in [6.45, 7) is 2.71. The molecule has 0 saturated carbocycles. The lowest BCUT2D eigenvalue weighted by Gasteiger charge is -2.12. The highest BCUT2D eigenvalue weighted by molar-refractivity contribution is 7.80. The Kier molecular flexibility index (Phi) is 3.93. The summed E-state index contributed by atoms with van der Waals surface area (Å²) in [6.07, 6.45) is 0.888. The number of hydrogen-bond donors (Lipinski definition) is 1. The second-order valence-electron chi connectivity index (χ2n) is 3.93. The van der Waals surface area contributed by atoms with Crippen LogP contribution < -0.4 is 11.3 Å². The van der Waals surface area contributed by atoms with Gasteiger partial charge in [0.15, 0.2) is 0 Å². The van der Waals surface area contributed by atoms with Crippen LogP contribution >= 0.6 is 23.6 Å². The van der Waals surface area contributed by atoms with Gasteiger partial charge in [0, 0.05) is 6.54 Å². The van der Waals surface area contributed by atoms with Gasteiger partial charge in [0.25, 0.3) is 5.56 Å². The third-order valence-corrected chi connectivity index (χ3v) is 3.77. The summed E-state index contributed by atoms with van der Waals surface area (Å²) in [6, 6.07) is 7.61. The summed E-state index contributed by atoms with van der Waals surface area (Å²) < 4.78 is 1.75. The van der Waals surface area contributed by atoms with E-state index in [-0.39, 0.29) is 10.5 Å². The van der Waals surface area contributed by atoms with Gasteiger partial charge in [0.05, 0.1) is 16.1 Å². The molecule has 0 saturated heterocycles. The van der Waals surface area contributed by atoms with E-state index in [4.69, 9.17) is 18.0 Å². The van der Waals surface area contributed by atoms with Crippen LogP contribution in [0, 0.1) is 0 Å². The molecule has 0 aliphatic carbocycles. The standard InChI is InChI=1S/C13H14N2OS2/c1-2-7-15-10(11-4-3-8-18-11)6-5-9(12(14)17)13(15)16/h3-6,8H,2,7H2,1H3,(H2,14,17). The second-order valence-corrected chi connectivity index (χ2v) is 5.32. The maximum absolute atomic E-state index is 12.3. The van der Waals surface area contributed by atoms with Crippen LogP contribution in [0.5, 0.6) is 0 Å². The molecule has 18 heavy (non-hydrogen) atoms. The topological polar surface area (TPSA) is 48.0 Å². The van der Waals surface area contributed by atoms with Gasteiger partial charge in [-0.25, -0.2) is 0 Å². The quantitative estimate of drug-likeness (QED) is 0.875. The molecule has 0 spiro atoms. The molecule has 0 bridgehead atoms. The molecule has 0 unspecified atom stereocenters. The van der Waals surface area contributed by atoms with E-state index in [0.717, 1.165) is 17.0 Å². The lowest BCUT2D eigenvalue weighted by atomic mass is 10.2. The van der Waals surface area contributed by atoms with E-state index in [2.05, 4.69) is 0 Å². The van der Waals surface area contributed by atoms with Crippen LogP contribution in [-0.4, -0.2) is 9.56 Å². The third-order valence-electron chi connectivity index (χ3n) is 2.66. The summed E-state index contributed by atoms with van der Waals surface area (Å²) in [5.41, 5.74) is 6.81. The van der Waals surface area contributed by atoms with Gasteiger partial charge in [0.1, 0.15) is 4.99 Å². The first-order valence-electron chi connectivity index (χ1n) is 5.72. The van der Waals surface area contributed by atoms with Crippen molar-refractivity contribution in [2.24, 2.45) is 5.73 Å². The number of rotatable bonds is 4. The molecule has 2 heterocycles. The normalized spacial score (nSPS) is 10.5. The fourth-order valence-electron chi connectivity index (χ4n) is 1.85. The lowest BCUT2D eigenvalue weighted by Crippen LogP contribution is -2.29. The molecule has 2 N–H and O–H groups in total. The zero-order valence-corrected chi connectivity index (χ0v) is 11.7. The van der Waals surface area contributed by atoms with E-state index in [1.165, 1.54) is 0 Å². The van der Waals surface area contributed by atoms with Crippen molar-refractivity contribution in [1.82, 2.24) is 4.57 Å². The summed E-state index contributed by atoms with van der Waals surface area (Å²) in [4.78, 5) is 13.6. The zero-order valence-electron chi connectivity index (χ0n) is 10.1. The van der Waals surface area contributed by atoms with Crippen LogP contribution in [0.4, 0.5) is 0 Å². The van der Waals surface area contributed by atoms with Crippen LogP contribution in [0.3, 0.4) is 0 Å². The highest BCUT2D eigenvalue weighted by atomic mass is 32.1. The number of aromatic nitrogens is 1. The first kappa shape index (κ1) is 13.0. The van der Waals surface area contributed by atoms with E-state index in [1.54, 1.807) is 22.0 Å². The van der Waals surface area contributed by atoms with Crippen molar-refractivity contribution in [2.45, 2.75) is 19.9 Å². The van der Waals surface area contributed by atoms with Crippen LogP contribution in [0.15, 0.2) is 34.4 Å². The summed E-state index contributed by atoms with van der Waals surface area (Å²) in [5, 5.41) is 2.00. The Morgan fingerprint density at radius 2 is 2.22 bits per heavy atom. The minimum absolute atomic E-state index is 0.102. The molecule has 2 rings (SSSR count). The monoisotopic (exact) mass is 278 g/mol. The van der Waals surface area contributed by atoms with Gasteiger partial charge in [0.2, 0.25) is 0 Å². The predicted molar refractivity (Wildman–Crippen MR) is 80.2 cm³/mol. The van der Waals surface area contributed by atoms with Gasteiger partial charge in [-0.2, -0.15) is 0 Å². The largest absolute Gasteiger partial charge is 0.389 e. The van der Waals surface area contributed by atoms with Crippen molar-refractivity contribution in [3.05, 3.63) is 45.6 Å². The highest BCUT2D eigenvalue weighted by Gasteiger charge is 2.11. The summed E-state index contributed by atoms with van der Waals surface area (Å²) in [7, 11) is 0. The minimum atomic E-state index is -0.102. The summed E-state index contributed by atoms with van der Waals surface area (Å²) >= 11 is 6.52. The summed E-state index contributed by atoms with van der Waals surface area (Å²) in [5.74, 6) is 0. The fraction of sp³-hybridized carbons (Fsp3) is 0.231. The Bertz CT molecular complexity index is 614. The van der Waals surface area contributed by atoms with Gasteiger partial charge in [-0.3, -0.25) is 4.79 Å². The maximum atomic E-state index is 12.3. The molecule has 94 valence electrons. The number of nitrogens with two attached hydrogens (primary N) is 1. The Balaban J connectivity index is 2.65. The third kappa shape index (κ3) is 2.37. The molecule has 2 aromatic rings. The highest BCUT2D eigenvalue weighted by Crippen LogP contribution is 2.23. The maximum Gasteiger partial charge on any atom is 0.261 e. The average molecular weight is 278 g/mol. The second kappa shape index (κ2) is 5.46. The lowest BCUT2D eigenvalue weighted by molar-refractivity contribution is 0.661. The van der Waals surface area contributed by atoms with E-state index in [0.29, 0.717) is 12.1 Å². The van der Waals surface area contributed by atoms with Crippen LogP contribution in [-0.2, 0) is 6.54 Å². The molecular weight excluding hydrogens is 264 g/mol. The first-order chi connectivity index (χ1) is 8.65. The molecule has 5 heteroatoms. The van der Waals surface area contributed by atoms with E-state index >= 15 is 0 Å². The van der Waals surface area contributed by atoms with Gasteiger partial charge >= 0.3 is 0 Å². The molecule has 3 nitrogen and oxygen atoms in total. The van der Waals surface area contributed by atoms with E-state index < -0.39 is 0 Å². The molecule has 0 radical (unpaired) electrons. The zero-order chi connectivity index (χ0) is 13.1. The van der Waals surface area contributed by atoms with Gasteiger partial charge in [-0.1, -0.05) is 25.2 Å². The van der Waals surface area contributed by atoms with Crippen molar-refractivity contribution in [1.29, 1.82) is 0 Å². The minimum Gasteiger partial charge on any atom is -0.389 e. The molecule has 0 atom stereocenters. The number of pyridine rings is 1. The van der Waals surface area contributed by atoms with Crippen LogP contribution in [0.2, 0.25) is 0 Å².